The van der Waals surface area contributed by atoms with Crippen molar-refractivity contribution in [1.82, 2.24) is 20.4 Å². The van der Waals surface area contributed by atoms with Crippen molar-refractivity contribution in [2.45, 2.75) is 33.6 Å². The third-order valence-corrected chi connectivity index (χ3v) is 6.42. The number of amides is 1. The molecule has 0 bridgehead atoms. The molecule has 0 saturated carbocycles. The number of anilines is 2. The number of rotatable bonds is 5. The van der Waals surface area contributed by atoms with Crippen LogP contribution in [0.5, 0.6) is 0 Å². The van der Waals surface area contributed by atoms with Gasteiger partial charge in [-0.1, -0.05) is 31.5 Å². The van der Waals surface area contributed by atoms with Gasteiger partial charge in [0.25, 0.3) is 5.91 Å². The number of halogens is 1. The Morgan fingerprint density at radius 2 is 2.00 bits per heavy atom. The zero-order valence-electron chi connectivity index (χ0n) is 17.9. The second-order valence-corrected chi connectivity index (χ2v) is 9.02. The van der Waals surface area contributed by atoms with Gasteiger partial charge < -0.3 is 5.32 Å². The monoisotopic (exact) mass is 453 g/mol. The fourth-order valence-electron chi connectivity index (χ4n) is 3.73. The summed E-state index contributed by atoms with van der Waals surface area (Å²) in [7, 11) is 1.85. The molecule has 0 unspecified atom stereocenters. The Bertz CT molecular complexity index is 1190. The molecule has 3 aromatic rings. The molecule has 0 fully saturated rings. The van der Waals surface area contributed by atoms with E-state index in [1.807, 2.05) is 44.3 Å². The number of benzene rings is 1. The van der Waals surface area contributed by atoms with Crippen molar-refractivity contribution in [3.8, 4) is 10.7 Å². The standard InChI is InChI=1S/C23H24ClN5OS/c1-5-7-18-17-12-14(8-9-16(17)23(30)28-29(18)4)26-21-15(6-2)13(3)25-22(27-21)19-10-11-20(24)31-19/h7-12H,5-6H2,1-4H3,(H,28,30)(H,25,26,27)/b18-7+. The summed E-state index contributed by atoms with van der Waals surface area (Å²) in [6, 6.07) is 9.56. The van der Waals surface area contributed by atoms with Crippen LogP contribution < -0.4 is 10.7 Å². The summed E-state index contributed by atoms with van der Waals surface area (Å²) in [6.45, 7) is 6.17. The van der Waals surface area contributed by atoms with Crippen molar-refractivity contribution in [3.05, 3.63) is 63.1 Å². The molecule has 2 aromatic heterocycles. The van der Waals surface area contributed by atoms with Crippen LogP contribution in [0, 0.1) is 6.92 Å². The van der Waals surface area contributed by atoms with Crippen molar-refractivity contribution < 1.29 is 4.79 Å². The van der Waals surface area contributed by atoms with E-state index in [4.69, 9.17) is 16.6 Å². The highest BCUT2D eigenvalue weighted by Gasteiger charge is 2.24. The minimum Gasteiger partial charge on any atom is -0.340 e. The Morgan fingerprint density at radius 3 is 2.68 bits per heavy atom. The normalized spacial score (nSPS) is 14.5. The molecule has 1 aliphatic rings. The minimum atomic E-state index is -0.110. The lowest BCUT2D eigenvalue weighted by Crippen LogP contribution is -2.42. The van der Waals surface area contributed by atoms with Crippen LogP contribution in [-0.4, -0.2) is 27.9 Å². The van der Waals surface area contributed by atoms with E-state index in [1.165, 1.54) is 11.3 Å². The van der Waals surface area contributed by atoms with Crippen LogP contribution in [0.15, 0.2) is 36.4 Å². The first-order valence-corrected chi connectivity index (χ1v) is 11.4. The van der Waals surface area contributed by atoms with Crippen molar-refractivity contribution >= 4 is 46.0 Å². The molecule has 31 heavy (non-hydrogen) atoms. The van der Waals surface area contributed by atoms with Gasteiger partial charge in [0.2, 0.25) is 0 Å². The van der Waals surface area contributed by atoms with Gasteiger partial charge in [0.05, 0.1) is 20.5 Å². The Kier molecular flexibility index (Phi) is 5.98. The van der Waals surface area contributed by atoms with Gasteiger partial charge in [0, 0.05) is 29.6 Å². The number of hydrogen-bond acceptors (Lipinski definition) is 6. The second-order valence-electron chi connectivity index (χ2n) is 7.30. The summed E-state index contributed by atoms with van der Waals surface area (Å²) in [5, 5.41) is 5.23. The van der Waals surface area contributed by atoms with Gasteiger partial charge in [-0.15, -0.1) is 11.3 Å². The van der Waals surface area contributed by atoms with E-state index in [-0.39, 0.29) is 5.91 Å². The predicted molar refractivity (Wildman–Crippen MR) is 128 cm³/mol. The topological polar surface area (TPSA) is 70.1 Å². The van der Waals surface area contributed by atoms with Crippen molar-refractivity contribution in [1.29, 1.82) is 0 Å². The Balaban J connectivity index is 1.77. The van der Waals surface area contributed by atoms with Crippen LogP contribution in [0.4, 0.5) is 11.5 Å². The van der Waals surface area contributed by atoms with Crippen LogP contribution >= 0.6 is 22.9 Å². The number of thiophene rings is 1. The molecule has 0 radical (unpaired) electrons. The summed E-state index contributed by atoms with van der Waals surface area (Å²) in [6.07, 6.45) is 3.77. The van der Waals surface area contributed by atoms with E-state index in [9.17, 15) is 4.79 Å². The van der Waals surface area contributed by atoms with E-state index in [0.717, 1.165) is 51.7 Å². The summed E-state index contributed by atoms with van der Waals surface area (Å²) >= 11 is 7.57. The molecule has 6 nitrogen and oxygen atoms in total. The van der Waals surface area contributed by atoms with E-state index in [1.54, 1.807) is 5.01 Å². The number of aryl methyl sites for hydroxylation is 1. The zero-order chi connectivity index (χ0) is 22.1. The third kappa shape index (κ3) is 4.16. The van der Waals surface area contributed by atoms with E-state index in [0.29, 0.717) is 15.7 Å². The van der Waals surface area contributed by atoms with Crippen LogP contribution in [0.25, 0.3) is 16.4 Å². The Labute approximate surface area is 191 Å². The smallest absolute Gasteiger partial charge is 0.270 e. The highest BCUT2D eigenvalue weighted by Crippen LogP contribution is 2.33. The van der Waals surface area contributed by atoms with Gasteiger partial charge in [-0.3, -0.25) is 15.2 Å². The Morgan fingerprint density at radius 1 is 1.19 bits per heavy atom. The molecule has 1 amide bonds. The zero-order valence-corrected chi connectivity index (χ0v) is 19.5. The first-order valence-electron chi connectivity index (χ1n) is 10.2. The molecular formula is C23H24ClN5OS. The largest absolute Gasteiger partial charge is 0.340 e. The molecule has 1 aromatic carbocycles. The SMILES string of the molecule is CC/C=C1\c2cc(Nc3nc(-c4ccc(Cl)s4)nc(C)c3CC)ccc2C(=O)NN1C. The number of hydrogen-bond donors (Lipinski definition) is 2. The number of carbonyl (C=O) groups is 1. The Hall–Kier alpha value is -2.90. The molecular weight excluding hydrogens is 430 g/mol. The van der Waals surface area contributed by atoms with Gasteiger partial charge in [0.1, 0.15) is 5.82 Å². The number of aromatic nitrogens is 2. The number of nitrogens with zero attached hydrogens (tertiary/aromatic N) is 3. The lowest BCUT2D eigenvalue weighted by atomic mass is 10.00. The molecule has 0 saturated heterocycles. The maximum absolute atomic E-state index is 12.4. The lowest BCUT2D eigenvalue weighted by Gasteiger charge is -2.30. The molecule has 2 N–H and O–H groups in total. The van der Waals surface area contributed by atoms with Crippen LogP contribution in [0.3, 0.4) is 0 Å². The molecule has 0 aliphatic carbocycles. The highest BCUT2D eigenvalue weighted by atomic mass is 35.5. The maximum atomic E-state index is 12.4. The van der Waals surface area contributed by atoms with Crippen LogP contribution in [0.1, 0.15) is 47.4 Å². The van der Waals surface area contributed by atoms with Crippen LogP contribution in [-0.2, 0) is 6.42 Å². The maximum Gasteiger partial charge on any atom is 0.270 e. The van der Waals surface area contributed by atoms with Gasteiger partial charge >= 0.3 is 0 Å². The highest BCUT2D eigenvalue weighted by molar-refractivity contribution is 7.19. The number of fused-ring (bicyclic) bond motifs is 1. The summed E-state index contributed by atoms with van der Waals surface area (Å²) in [5.41, 5.74) is 8.26. The van der Waals surface area contributed by atoms with E-state index >= 15 is 0 Å². The molecule has 1 aliphatic heterocycles. The van der Waals surface area contributed by atoms with Crippen LogP contribution in [0.2, 0.25) is 4.34 Å². The molecule has 3 heterocycles. The predicted octanol–water partition coefficient (Wildman–Crippen LogP) is 5.81. The number of nitrogens with one attached hydrogen (secondary N) is 2. The van der Waals surface area contributed by atoms with Gasteiger partial charge in [0.15, 0.2) is 5.82 Å². The third-order valence-electron chi connectivity index (χ3n) is 5.19. The average Bonchev–Trinajstić information content (AvgIpc) is 3.17. The summed E-state index contributed by atoms with van der Waals surface area (Å²) < 4.78 is 0.706. The number of carbonyl (C=O) groups excluding carboxylic acids is 1. The van der Waals surface area contributed by atoms with Crippen molar-refractivity contribution in [2.24, 2.45) is 0 Å². The van der Waals surface area contributed by atoms with Crippen molar-refractivity contribution in [2.75, 3.05) is 12.4 Å². The number of hydrazine groups is 1. The van der Waals surface area contributed by atoms with E-state index in [2.05, 4.69) is 35.7 Å². The quantitative estimate of drug-likeness (QED) is 0.509. The van der Waals surface area contributed by atoms with Gasteiger partial charge in [-0.2, -0.15) is 0 Å². The lowest BCUT2D eigenvalue weighted by molar-refractivity contribution is 0.0868. The van der Waals surface area contributed by atoms with Crippen molar-refractivity contribution in [3.63, 3.8) is 0 Å². The molecule has 0 atom stereocenters. The number of allylic oxidation sites excluding steroid dienone is 1. The first-order chi connectivity index (χ1) is 14.9. The van der Waals surface area contributed by atoms with Gasteiger partial charge in [-0.25, -0.2) is 9.97 Å². The average molecular weight is 454 g/mol. The fraction of sp³-hybridized carbons (Fsp3) is 0.261. The molecule has 8 heteroatoms. The van der Waals surface area contributed by atoms with E-state index < -0.39 is 0 Å². The molecule has 160 valence electrons. The summed E-state index contributed by atoms with van der Waals surface area (Å²) in [5.74, 6) is 1.31. The minimum absolute atomic E-state index is 0.110. The summed E-state index contributed by atoms with van der Waals surface area (Å²) in [4.78, 5) is 22.9. The van der Waals surface area contributed by atoms with Gasteiger partial charge in [-0.05, 0) is 50.1 Å². The molecule has 4 rings (SSSR count). The fourth-order valence-corrected chi connectivity index (χ4v) is 4.71. The second kappa shape index (κ2) is 8.69. The molecule has 0 spiro atoms. The first kappa shape index (κ1) is 21.3.